The van der Waals surface area contributed by atoms with E-state index in [2.05, 4.69) is 0 Å². The maximum Gasteiger partial charge on any atom is 0.416 e. The van der Waals surface area contributed by atoms with Crippen LogP contribution in [0.15, 0.2) is 24.3 Å². The number of rotatable bonds is 4. The van der Waals surface area contributed by atoms with E-state index in [1.165, 1.54) is 17.0 Å². The van der Waals surface area contributed by atoms with Gasteiger partial charge >= 0.3 is 12.3 Å². The van der Waals surface area contributed by atoms with Crippen molar-refractivity contribution in [3.05, 3.63) is 29.8 Å². The molecule has 2 amide bonds. The summed E-state index contributed by atoms with van der Waals surface area (Å²) >= 11 is 0. The van der Waals surface area contributed by atoms with Crippen molar-refractivity contribution in [2.24, 2.45) is 5.92 Å². The van der Waals surface area contributed by atoms with Crippen LogP contribution in [0.25, 0.3) is 0 Å². The highest BCUT2D eigenvalue weighted by molar-refractivity contribution is 5.82. The van der Waals surface area contributed by atoms with Crippen LogP contribution in [0.2, 0.25) is 0 Å². The molecule has 2 aliphatic heterocycles. The minimum Gasteiger partial charge on any atom is -0.493 e. The van der Waals surface area contributed by atoms with E-state index in [0.29, 0.717) is 32.0 Å². The molecule has 184 valence electrons. The zero-order valence-corrected chi connectivity index (χ0v) is 19.2. The molecule has 0 N–H and O–H groups in total. The number of alkyl halides is 3. The second kappa shape index (κ2) is 10.2. The molecule has 3 rings (SSSR count). The maximum atomic E-state index is 13.0. The van der Waals surface area contributed by atoms with Gasteiger partial charge in [-0.2, -0.15) is 13.2 Å². The normalized spacial score (nSPS) is 22.1. The smallest absolute Gasteiger partial charge is 0.416 e. The van der Waals surface area contributed by atoms with E-state index >= 15 is 0 Å². The molecule has 0 spiro atoms. The van der Waals surface area contributed by atoms with E-state index in [1.54, 1.807) is 25.7 Å². The Balaban J connectivity index is 1.51. The number of morpholine rings is 1. The summed E-state index contributed by atoms with van der Waals surface area (Å²) in [7, 11) is 0. The van der Waals surface area contributed by atoms with Crippen molar-refractivity contribution in [1.29, 1.82) is 0 Å². The molecule has 33 heavy (non-hydrogen) atoms. The van der Waals surface area contributed by atoms with E-state index in [0.717, 1.165) is 25.0 Å². The van der Waals surface area contributed by atoms with E-state index in [1.807, 2.05) is 0 Å². The Morgan fingerprint density at radius 3 is 2.39 bits per heavy atom. The molecule has 2 unspecified atom stereocenters. The first-order chi connectivity index (χ1) is 15.4. The largest absolute Gasteiger partial charge is 0.493 e. The molecule has 0 bridgehead atoms. The van der Waals surface area contributed by atoms with E-state index in [4.69, 9.17) is 14.2 Å². The van der Waals surface area contributed by atoms with Crippen LogP contribution in [-0.2, 0) is 20.4 Å². The Morgan fingerprint density at radius 2 is 1.76 bits per heavy atom. The zero-order chi connectivity index (χ0) is 24.2. The number of ether oxygens (including phenoxy) is 3. The van der Waals surface area contributed by atoms with Gasteiger partial charge < -0.3 is 24.0 Å². The third-order valence-electron chi connectivity index (χ3n) is 5.49. The first-order valence-electron chi connectivity index (χ1n) is 11.1. The lowest BCUT2D eigenvalue weighted by Gasteiger charge is -2.38. The molecule has 1 aromatic carbocycles. The summed E-state index contributed by atoms with van der Waals surface area (Å²) in [6.07, 6.45) is -3.97. The minimum atomic E-state index is -4.39. The highest BCUT2D eigenvalue weighted by Crippen LogP contribution is 2.30. The second-order valence-corrected chi connectivity index (χ2v) is 9.41. The summed E-state index contributed by atoms with van der Waals surface area (Å²) < 4.78 is 54.8. The van der Waals surface area contributed by atoms with Crippen LogP contribution >= 0.6 is 0 Å². The van der Waals surface area contributed by atoms with Crippen LogP contribution in [0.1, 0.15) is 39.2 Å². The Hall–Kier alpha value is -2.49. The summed E-state index contributed by atoms with van der Waals surface area (Å²) in [6.45, 7) is 7.46. The van der Waals surface area contributed by atoms with Gasteiger partial charge in [-0.15, -0.1) is 0 Å². The molecule has 1 aromatic rings. The minimum absolute atomic E-state index is 0.0514. The lowest BCUT2D eigenvalue weighted by molar-refractivity contribution is -0.150. The second-order valence-electron chi connectivity index (χ2n) is 9.41. The molecular weight excluding hydrogens is 441 g/mol. The Morgan fingerprint density at radius 1 is 1.06 bits per heavy atom. The predicted molar refractivity (Wildman–Crippen MR) is 114 cm³/mol. The standard InChI is InChI=1S/C23H31F3N2O5/c1-22(2,3)33-21(30)28-11-12-31-19(14-28)20(29)27-10-4-5-16(13-27)15-32-18-8-6-17(7-9-18)23(24,25)26/h6-9,16,19H,4-5,10-15H2,1-3H3. The first kappa shape index (κ1) is 25.1. The van der Waals surface area contributed by atoms with Crippen LogP contribution < -0.4 is 4.74 Å². The molecule has 2 saturated heterocycles. The van der Waals surface area contributed by atoms with Crippen molar-refractivity contribution >= 4 is 12.0 Å². The molecule has 10 heteroatoms. The number of carbonyl (C=O) groups is 2. The van der Waals surface area contributed by atoms with E-state index in [9.17, 15) is 22.8 Å². The number of benzene rings is 1. The number of carbonyl (C=O) groups excluding carboxylic acids is 2. The van der Waals surface area contributed by atoms with Crippen LogP contribution in [0.3, 0.4) is 0 Å². The molecule has 7 nitrogen and oxygen atoms in total. The summed E-state index contributed by atoms with van der Waals surface area (Å²) in [5, 5.41) is 0. The monoisotopic (exact) mass is 472 g/mol. The van der Waals surface area contributed by atoms with Crippen molar-refractivity contribution in [3.63, 3.8) is 0 Å². The number of amides is 2. The highest BCUT2D eigenvalue weighted by atomic mass is 19.4. The molecule has 0 aromatic heterocycles. The zero-order valence-electron chi connectivity index (χ0n) is 19.2. The fraction of sp³-hybridized carbons (Fsp3) is 0.652. The van der Waals surface area contributed by atoms with Gasteiger partial charge in [-0.05, 0) is 57.9 Å². The Bertz CT molecular complexity index is 823. The predicted octanol–water partition coefficient (Wildman–Crippen LogP) is 3.96. The van der Waals surface area contributed by atoms with Gasteiger partial charge in [0.2, 0.25) is 0 Å². The Kier molecular flexibility index (Phi) is 7.76. The quantitative estimate of drug-likeness (QED) is 0.664. The molecule has 2 heterocycles. The van der Waals surface area contributed by atoms with Gasteiger partial charge in [-0.1, -0.05) is 0 Å². The third kappa shape index (κ3) is 7.25. The molecule has 0 radical (unpaired) electrons. The topological polar surface area (TPSA) is 68.3 Å². The molecule has 2 fully saturated rings. The van der Waals surface area contributed by atoms with Crippen LogP contribution in [0.4, 0.5) is 18.0 Å². The first-order valence-corrected chi connectivity index (χ1v) is 11.1. The molecule has 2 aliphatic rings. The van der Waals surface area contributed by atoms with Gasteiger partial charge in [0.15, 0.2) is 6.10 Å². The number of hydrogen-bond acceptors (Lipinski definition) is 5. The average Bonchev–Trinajstić information content (AvgIpc) is 2.76. The number of hydrogen-bond donors (Lipinski definition) is 0. The third-order valence-corrected chi connectivity index (χ3v) is 5.49. The van der Waals surface area contributed by atoms with Crippen molar-refractivity contribution < 1.29 is 37.0 Å². The van der Waals surface area contributed by atoms with Gasteiger partial charge in [0, 0.05) is 25.6 Å². The molecule has 2 atom stereocenters. The number of halogens is 3. The lowest BCUT2D eigenvalue weighted by atomic mass is 9.98. The van der Waals surface area contributed by atoms with Gasteiger partial charge in [0.05, 0.1) is 25.3 Å². The van der Waals surface area contributed by atoms with E-state index in [-0.39, 0.29) is 25.0 Å². The van der Waals surface area contributed by atoms with Crippen LogP contribution in [0.5, 0.6) is 5.75 Å². The fourth-order valence-corrected chi connectivity index (χ4v) is 3.85. The molecule has 0 saturated carbocycles. The number of piperidine rings is 1. The van der Waals surface area contributed by atoms with E-state index < -0.39 is 29.5 Å². The SMILES string of the molecule is CC(C)(C)OC(=O)N1CCOC(C(=O)N2CCCC(COc3ccc(C(F)(F)F)cc3)C2)C1. The van der Waals surface area contributed by atoms with Gasteiger partial charge in [0.1, 0.15) is 11.4 Å². The summed E-state index contributed by atoms with van der Waals surface area (Å²) in [6, 6.07) is 4.58. The number of nitrogens with zero attached hydrogens (tertiary/aromatic N) is 2. The van der Waals surface area contributed by atoms with Gasteiger partial charge in [0.25, 0.3) is 5.91 Å². The fourth-order valence-electron chi connectivity index (χ4n) is 3.85. The average molecular weight is 473 g/mol. The molecular formula is C23H31F3N2O5. The lowest BCUT2D eigenvalue weighted by Crippen LogP contribution is -2.55. The van der Waals surface area contributed by atoms with Gasteiger partial charge in [-0.25, -0.2) is 4.79 Å². The van der Waals surface area contributed by atoms with Crippen LogP contribution in [0, 0.1) is 5.92 Å². The van der Waals surface area contributed by atoms with Gasteiger partial charge in [-0.3, -0.25) is 4.79 Å². The maximum absolute atomic E-state index is 13.0. The van der Waals surface area contributed by atoms with Crippen molar-refractivity contribution in [1.82, 2.24) is 9.80 Å². The Labute approximate surface area is 191 Å². The van der Waals surface area contributed by atoms with Crippen LogP contribution in [-0.4, -0.2) is 72.9 Å². The summed E-state index contributed by atoms with van der Waals surface area (Å²) in [5.74, 6) is 0.230. The van der Waals surface area contributed by atoms with Crippen molar-refractivity contribution in [3.8, 4) is 5.75 Å². The molecule has 0 aliphatic carbocycles. The van der Waals surface area contributed by atoms with Crippen molar-refractivity contribution in [2.75, 3.05) is 39.4 Å². The summed E-state index contributed by atoms with van der Waals surface area (Å²) in [5.41, 5.74) is -1.35. The highest BCUT2D eigenvalue weighted by Gasteiger charge is 2.36. The number of likely N-dealkylation sites (tertiary alicyclic amines) is 1. The summed E-state index contributed by atoms with van der Waals surface area (Å²) in [4.78, 5) is 28.6. The van der Waals surface area contributed by atoms with Crippen molar-refractivity contribution in [2.45, 2.75) is 51.5 Å².